The molecule has 0 unspecified atom stereocenters. The Balaban J connectivity index is 2.72. The average molecular weight is 189 g/mol. The summed E-state index contributed by atoms with van der Waals surface area (Å²) in [6.45, 7) is 3.91. The zero-order valence-electron chi connectivity index (χ0n) is 8.09. The predicted molar refractivity (Wildman–Crippen MR) is 54.1 cm³/mol. The summed E-state index contributed by atoms with van der Waals surface area (Å²) >= 11 is 0. The fraction of sp³-hybridized carbons (Fsp3) is 0.200. The molecule has 0 spiro atoms. The van der Waals surface area contributed by atoms with Crippen molar-refractivity contribution in [3.05, 3.63) is 29.1 Å². The number of fused-ring (bicyclic) bond motifs is 1. The number of H-pyrrole nitrogens is 1. The molecule has 0 aliphatic rings. The topological polar surface area (TPSA) is 71.8 Å². The summed E-state index contributed by atoms with van der Waals surface area (Å²) in [6.07, 6.45) is 0. The number of primary amides is 1. The van der Waals surface area contributed by atoms with Crippen molar-refractivity contribution < 1.29 is 4.79 Å². The number of aromatic nitrogens is 2. The maximum absolute atomic E-state index is 10.9. The average Bonchev–Trinajstić information content (AvgIpc) is 2.48. The van der Waals surface area contributed by atoms with Gasteiger partial charge < -0.3 is 10.7 Å². The maximum Gasteiger partial charge on any atom is 0.265 e. The first-order chi connectivity index (χ1) is 6.58. The third kappa shape index (κ3) is 1.25. The lowest BCUT2D eigenvalue weighted by molar-refractivity contribution is 0.0996. The van der Waals surface area contributed by atoms with Gasteiger partial charge in [-0.05, 0) is 31.5 Å². The molecule has 0 saturated carbocycles. The van der Waals surface area contributed by atoms with E-state index < -0.39 is 5.91 Å². The fourth-order valence-electron chi connectivity index (χ4n) is 1.39. The molecular weight excluding hydrogens is 178 g/mol. The van der Waals surface area contributed by atoms with Crippen LogP contribution in [0, 0.1) is 13.8 Å². The van der Waals surface area contributed by atoms with E-state index in [-0.39, 0.29) is 0 Å². The summed E-state index contributed by atoms with van der Waals surface area (Å²) in [5.41, 5.74) is 8.32. The number of aryl methyl sites for hydroxylation is 2. The maximum atomic E-state index is 10.9. The van der Waals surface area contributed by atoms with E-state index in [1.54, 1.807) is 6.07 Å². The Bertz CT molecular complexity index is 474. The highest BCUT2D eigenvalue weighted by Crippen LogP contribution is 2.16. The van der Waals surface area contributed by atoms with E-state index in [0.717, 1.165) is 16.6 Å². The van der Waals surface area contributed by atoms with Crippen molar-refractivity contribution >= 4 is 16.9 Å². The molecule has 0 saturated heterocycles. The Hall–Kier alpha value is -1.84. The monoisotopic (exact) mass is 189 g/mol. The van der Waals surface area contributed by atoms with Crippen molar-refractivity contribution in [1.29, 1.82) is 0 Å². The molecule has 0 fully saturated rings. The first-order valence-corrected chi connectivity index (χ1v) is 4.34. The van der Waals surface area contributed by atoms with Crippen LogP contribution in [0.25, 0.3) is 11.0 Å². The van der Waals surface area contributed by atoms with E-state index in [0.29, 0.717) is 11.3 Å². The number of amides is 1. The van der Waals surface area contributed by atoms with Crippen molar-refractivity contribution in [2.24, 2.45) is 5.73 Å². The summed E-state index contributed by atoms with van der Waals surface area (Å²) in [5.74, 6) is -0.460. The lowest BCUT2D eigenvalue weighted by Crippen LogP contribution is -2.10. The summed E-state index contributed by atoms with van der Waals surface area (Å²) in [5, 5.41) is 0.918. The standard InChI is InChI=1S/C10H11N3O/c1-5-3-7-4-8(9(11)14)13-10(7)12-6(5)2/h3-4H,1-2H3,(H2,11,14)(H,12,13). The highest BCUT2D eigenvalue weighted by atomic mass is 16.1. The Morgan fingerprint density at radius 1 is 1.43 bits per heavy atom. The van der Waals surface area contributed by atoms with Gasteiger partial charge in [-0.3, -0.25) is 4.79 Å². The summed E-state index contributed by atoms with van der Waals surface area (Å²) < 4.78 is 0. The number of rotatable bonds is 1. The second-order valence-corrected chi connectivity index (χ2v) is 3.38. The fourth-order valence-corrected chi connectivity index (χ4v) is 1.39. The molecule has 0 aromatic carbocycles. The number of carbonyl (C=O) groups is 1. The molecular formula is C10H11N3O. The third-order valence-corrected chi connectivity index (χ3v) is 2.31. The van der Waals surface area contributed by atoms with Crippen LogP contribution in [-0.4, -0.2) is 15.9 Å². The summed E-state index contributed by atoms with van der Waals surface area (Å²) in [6, 6.07) is 3.71. The van der Waals surface area contributed by atoms with Gasteiger partial charge in [0.1, 0.15) is 11.3 Å². The van der Waals surface area contributed by atoms with Crippen molar-refractivity contribution in [2.45, 2.75) is 13.8 Å². The molecule has 0 atom stereocenters. The number of nitrogens with one attached hydrogen (secondary N) is 1. The predicted octanol–water partition coefficient (Wildman–Crippen LogP) is 1.28. The quantitative estimate of drug-likeness (QED) is 0.709. The molecule has 0 aliphatic heterocycles. The van der Waals surface area contributed by atoms with Gasteiger partial charge in [0.15, 0.2) is 0 Å². The number of nitrogens with two attached hydrogens (primary N) is 1. The normalized spacial score (nSPS) is 10.7. The van der Waals surface area contributed by atoms with Crippen LogP contribution in [0.2, 0.25) is 0 Å². The van der Waals surface area contributed by atoms with E-state index in [4.69, 9.17) is 5.73 Å². The molecule has 4 nitrogen and oxygen atoms in total. The second-order valence-electron chi connectivity index (χ2n) is 3.38. The Kier molecular flexibility index (Phi) is 1.77. The van der Waals surface area contributed by atoms with Gasteiger partial charge in [0, 0.05) is 11.1 Å². The Morgan fingerprint density at radius 2 is 2.14 bits per heavy atom. The van der Waals surface area contributed by atoms with E-state index >= 15 is 0 Å². The van der Waals surface area contributed by atoms with Crippen LogP contribution >= 0.6 is 0 Å². The third-order valence-electron chi connectivity index (χ3n) is 2.31. The molecule has 2 rings (SSSR count). The zero-order valence-corrected chi connectivity index (χ0v) is 8.09. The van der Waals surface area contributed by atoms with Crippen LogP contribution in [0.5, 0.6) is 0 Å². The highest BCUT2D eigenvalue weighted by molar-refractivity contribution is 5.96. The lowest BCUT2D eigenvalue weighted by atomic mass is 10.2. The van der Waals surface area contributed by atoms with Crippen molar-refractivity contribution in [3.8, 4) is 0 Å². The summed E-state index contributed by atoms with van der Waals surface area (Å²) in [7, 11) is 0. The van der Waals surface area contributed by atoms with Gasteiger partial charge in [0.05, 0.1) is 0 Å². The molecule has 2 aromatic heterocycles. The molecule has 14 heavy (non-hydrogen) atoms. The van der Waals surface area contributed by atoms with E-state index in [1.165, 1.54) is 0 Å². The van der Waals surface area contributed by atoms with Crippen LogP contribution in [0.15, 0.2) is 12.1 Å². The largest absolute Gasteiger partial charge is 0.364 e. The summed E-state index contributed by atoms with van der Waals surface area (Å²) in [4.78, 5) is 18.1. The van der Waals surface area contributed by atoms with E-state index in [9.17, 15) is 4.79 Å². The number of aromatic amines is 1. The minimum Gasteiger partial charge on any atom is -0.364 e. The van der Waals surface area contributed by atoms with Crippen LogP contribution in [0.1, 0.15) is 21.7 Å². The lowest BCUT2D eigenvalue weighted by Gasteiger charge is -1.97. The van der Waals surface area contributed by atoms with Gasteiger partial charge in [0.2, 0.25) is 0 Å². The minimum absolute atomic E-state index is 0.400. The van der Waals surface area contributed by atoms with Crippen LogP contribution in [0.3, 0.4) is 0 Å². The molecule has 72 valence electrons. The van der Waals surface area contributed by atoms with Gasteiger partial charge in [-0.1, -0.05) is 0 Å². The molecule has 4 heteroatoms. The van der Waals surface area contributed by atoms with Crippen LogP contribution < -0.4 is 5.73 Å². The first-order valence-electron chi connectivity index (χ1n) is 4.34. The van der Waals surface area contributed by atoms with Gasteiger partial charge in [0.25, 0.3) is 5.91 Å². The van der Waals surface area contributed by atoms with Gasteiger partial charge in [-0.25, -0.2) is 4.98 Å². The number of carbonyl (C=O) groups excluding carboxylic acids is 1. The van der Waals surface area contributed by atoms with Gasteiger partial charge >= 0.3 is 0 Å². The smallest absolute Gasteiger partial charge is 0.265 e. The van der Waals surface area contributed by atoms with Crippen LogP contribution in [-0.2, 0) is 0 Å². The molecule has 3 N–H and O–H groups in total. The SMILES string of the molecule is Cc1cc2cc(C(N)=O)[nH]c2nc1C. The molecule has 0 bridgehead atoms. The van der Waals surface area contributed by atoms with Gasteiger partial charge in [-0.15, -0.1) is 0 Å². The first kappa shape index (κ1) is 8.74. The van der Waals surface area contributed by atoms with E-state index in [1.807, 2.05) is 19.9 Å². The van der Waals surface area contributed by atoms with Crippen LogP contribution in [0.4, 0.5) is 0 Å². The number of hydrogen-bond acceptors (Lipinski definition) is 2. The Morgan fingerprint density at radius 3 is 2.79 bits per heavy atom. The zero-order chi connectivity index (χ0) is 10.3. The second kappa shape index (κ2) is 2.83. The molecule has 0 aliphatic carbocycles. The number of nitrogens with zero attached hydrogens (tertiary/aromatic N) is 1. The molecule has 2 aromatic rings. The highest BCUT2D eigenvalue weighted by Gasteiger charge is 2.07. The van der Waals surface area contributed by atoms with Gasteiger partial charge in [-0.2, -0.15) is 0 Å². The number of pyridine rings is 1. The molecule has 2 heterocycles. The minimum atomic E-state index is -0.460. The van der Waals surface area contributed by atoms with E-state index in [2.05, 4.69) is 9.97 Å². The molecule has 0 radical (unpaired) electrons. The van der Waals surface area contributed by atoms with Crippen molar-refractivity contribution in [3.63, 3.8) is 0 Å². The molecule has 1 amide bonds. The van der Waals surface area contributed by atoms with Crippen molar-refractivity contribution in [2.75, 3.05) is 0 Å². The van der Waals surface area contributed by atoms with Crippen molar-refractivity contribution in [1.82, 2.24) is 9.97 Å². The number of hydrogen-bond donors (Lipinski definition) is 2. The Labute approximate surface area is 81.1 Å².